The summed E-state index contributed by atoms with van der Waals surface area (Å²) in [4.78, 5) is 5.36. The maximum absolute atomic E-state index is 13.0. The summed E-state index contributed by atoms with van der Waals surface area (Å²) in [5.41, 5.74) is -0.862. The number of pyridine rings is 1. The van der Waals surface area contributed by atoms with E-state index in [4.69, 9.17) is 4.74 Å². The molecule has 1 aliphatic rings. The van der Waals surface area contributed by atoms with Gasteiger partial charge in [-0.25, -0.2) is 4.98 Å². The number of alkyl halides is 3. The van der Waals surface area contributed by atoms with Gasteiger partial charge in [-0.1, -0.05) is 0 Å². The van der Waals surface area contributed by atoms with Gasteiger partial charge in [0.1, 0.15) is 23.2 Å². The van der Waals surface area contributed by atoms with E-state index < -0.39 is 17.5 Å². The first kappa shape index (κ1) is 17.2. The molecule has 1 atom stereocenters. The van der Waals surface area contributed by atoms with Crippen molar-refractivity contribution in [1.82, 2.24) is 14.8 Å². The van der Waals surface area contributed by atoms with E-state index in [1.807, 2.05) is 13.0 Å². The molecule has 0 amide bonds. The molecule has 2 aromatic heterocycles. The summed E-state index contributed by atoms with van der Waals surface area (Å²) < 4.78 is 46.5. The number of halogens is 3. The van der Waals surface area contributed by atoms with Gasteiger partial charge < -0.3 is 9.64 Å². The van der Waals surface area contributed by atoms with E-state index in [9.17, 15) is 18.4 Å². The number of rotatable bonds is 2. The second-order valence-corrected chi connectivity index (χ2v) is 6.08. The van der Waals surface area contributed by atoms with Gasteiger partial charge in [-0.3, -0.25) is 4.68 Å². The van der Waals surface area contributed by atoms with Crippen molar-refractivity contribution in [2.45, 2.75) is 18.7 Å². The molecule has 9 heteroatoms. The number of morpholine rings is 1. The Morgan fingerprint density at radius 3 is 2.72 bits per heavy atom. The van der Waals surface area contributed by atoms with Crippen molar-refractivity contribution in [1.29, 1.82) is 5.26 Å². The molecule has 1 unspecified atom stereocenters. The van der Waals surface area contributed by atoms with E-state index in [1.165, 1.54) is 0 Å². The molecule has 3 heterocycles. The Hall–Kier alpha value is -2.60. The van der Waals surface area contributed by atoms with Crippen molar-refractivity contribution in [3.63, 3.8) is 0 Å². The molecule has 0 radical (unpaired) electrons. The Labute approximate surface area is 142 Å². The fourth-order valence-electron chi connectivity index (χ4n) is 2.85. The van der Waals surface area contributed by atoms with E-state index >= 15 is 0 Å². The minimum absolute atomic E-state index is 0.0238. The maximum atomic E-state index is 13.0. The molecule has 0 aromatic carbocycles. The van der Waals surface area contributed by atoms with Gasteiger partial charge in [-0.2, -0.15) is 23.5 Å². The molecule has 3 rings (SSSR count). The van der Waals surface area contributed by atoms with Crippen molar-refractivity contribution < 1.29 is 17.9 Å². The zero-order valence-electron chi connectivity index (χ0n) is 13.7. The van der Waals surface area contributed by atoms with Crippen LogP contribution in [0.15, 0.2) is 24.5 Å². The lowest BCUT2D eigenvalue weighted by Crippen LogP contribution is -2.48. The summed E-state index contributed by atoms with van der Waals surface area (Å²) >= 11 is 0. The van der Waals surface area contributed by atoms with Crippen LogP contribution in [-0.2, 0) is 23.6 Å². The summed E-state index contributed by atoms with van der Waals surface area (Å²) in [7, 11) is 1.77. The molecular weight excluding hydrogens is 335 g/mol. The van der Waals surface area contributed by atoms with E-state index in [0.717, 1.165) is 17.7 Å². The monoisotopic (exact) mass is 351 g/mol. The van der Waals surface area contributed by atoms with Crippen LogP contribution in [0.1, 0.15) is 23.7 Å². The molecule has 1 aliphatic heterocycles. The molecule has 0 bridgehead atoms. The van der Waals surface area contributed by atoms with Crippen LogP contribution < -0.4 is 4.90 Å². The highest BCUT2D eigenvalue weighted by Crippen LogP contribution is 2.34. The number of anilines is 1. The molecule has 132 valence electrons. The number of hydrogen-bond acceptors (Lipinski definition) is 5. The minimum atomic E-state index is -4.57. The summed E-state index contributed by atoms with van der Waals surface area (Å²) in [6, 6.07) is 3.89. The molecule has 0 aliphatic carbocycles. The van der Waals surface area contributed by atoms with E-state index in [0.29, 0.717) is 13.2 Å². The van der Waals surface area contributed by atoms with Gasteiger partial charge in [0.2, 0.25) is 0 Å². The summed E-state index contributed by atoms with van der Waals surface area (Å²) in [5.74, 6) is 0.0238. The zero-order valence-corrected chi connectivity index (χ0v) is 13.7. The molecule has 0 N–H and O–H groups in total. The van der Waals surface area contributed by atoms with Gasteiger partial charge >= 0.3 is 6.18 Å². The molecule has 25 heavy (non-hydrogen) atoms. The molecular formula is C16H16F3N5O. The Balaban J connectivity index is 1.97. The zero-order chi connectivity index (χ0) is 18.2. The minimum Gasteiger partial charge on any atom is -0.367 e. The topological polar surface area (TPSA) is 67.0 Å². The third-order valence-corrected chi connectivity index (χ3v) is 4.18. The fourth-order valence-corrected chi connectivity index (χ4v) is 2.85. The molecule has 6 nitrogen and oxygen atoms in total. The van der Waals surface area contributed by atoms with Crippen LogP contribution >= 0.6 is 0 Å². The lowest BCUT2D eigenvalue weighted by atomic mass is 9.96. The first-order valence-electron chi connectivity index (χ1n) is 7.59. The first-order valence-corrected chi connectivity index (χ1v) is 7.59. The largest absolute Gasteiger partial charge is 0.433 e. The SMILES string of the molecule is Cn1cc(C2(C)CN(c3nc(C(F)(F)F)ccc3C#N)CCO2)cn1. The molecule has 2 aromatic rings. The highest BCUT2D eigenvalue weighted by molar-refractivity contribution is 5.55. The lowest BCUT2D eigenvalue weighted by Gasteiger charge is -2.41. The third kappa shape index (κ3) is 3.30. The molecule has 0 saturated carbocycles. The highest BCUT2D eigenvalue weighted by atomic mass is 19.4. The normalized spacial score (nSPS) is 21.2. The number of nitrogens with zero attached hydrogens (tertiary/aromatic N) is 5. The van der Waals surface area contributed by atoms with Crippen LogP contribution in [-0.4, -0.2) is 34.5 Å². The Morgan fingerprint density at radius 1 is 1.36 bits per heavy atom. The van der Waals surface area contributed by atoms with E-state index in [1.54, 1.807) is 29.0 Å². The van der Waals surface area contributed by atoms with Gasteiger partial charge in [0.05, 0.1) is 24.9 Å². The smallest absolute Gasteiger partial charge is 0.367 e. The van der Waals surface area contributed by atoms with Crippen molar-refractivity contribution in [3.8, 4) is 6.07 Å². The number of nitriles is 1. The Bertz CT molecular complexity index is 826. The molecule has 0 spiro atoms. The van der Waals surface area contributed by atoms with Crippen LogP contribution in [0.3, 0.4) is 0 Å². The third-order valence-electron chi connectivity index (χ3n) is 4.18. The second-order valence-electron chi connectivity index (χ2n) is 6.08. The van der Waals surface area contributed by atoms with Crippen LogP contribution in [0.4, 0.5) is 19.0 Å². The average Bonchev–Trinajstić information content (AvgIpc) is 3.01. The number of ether oxygens (including phenoxy) is 1. The van der Waals surface area contributed by atoms with Gasteiger partial charge in [-0.15, -0.1) is 0 Å². The number of aromatic nitrogens is 3. The van der Waals surface area contributed by atoms with Gasteiger partial charge in [0.25, 0.3) is 0 Å². The summed E-state index contributed by atoms with van der Waals surface area (Å²) in [6.07, 6.45) is -1.11. The predicted octanol–water partition coefficient (Wildman–Crippen LogP) is 2.46. The second kappa shape index (κ2) is 6.04. The van der Waals surface area contributed by atoms with Crippen LogP contribution in [0.2, 0.25) is 0 Å². The van der Waals surface area contributed by atoms with Gasteiger partial charge in [0.15, 0.2) is 0 Å². The first-order chi connectivity index (χ1) is 11.7. The van der Waals surface area contributed by atoms with Crippen molar-refractivity contribution in [2.75, 3.05) is 24.6 Å². The van der Waals surface area contributed by atoms with E-state index in [2.05, 4.69) is 10.1 Å². The average molecular weight is 351 g/mol. The predicted molar refractivity (Wildman–Crippen MR) is 82.7 cm³/mol. The van der Waals surface area contributed by atoms with Crippen molar-refractivity contribution in [2.24, 2.45) is 7.05 Å². The number of hydrogen-bond donors (Lipinski definition) is 0. The maximum Gasteiger partial charge on any atom is 0.433 e. The highest BCUT2D eigenvalue weighted by Gasteiger charge is 2.38. The summed E-state index contributed by atoms with van der Waals surface area (Å²) in [6.45, 7) is 2.75. The molecule has 1 fully saturated rings. The Morgan fingerprint density at radius 2 is 2.12 bits per heavy atom. The van der Waals surface area contributed by atoms with E-state index in [-0.39, 0.29) is 17.9 Å². The van der Waals surface area contributed by atoms with Crippen molar-refractivity contribution in [3.05, 3.63) is 41.3 Å². The van der Waals surface area contributed by atoms with Crippen LogP contribution in [0.5, 0.6) is 0 Å². The van der Waals surface area contributed by atoms with Gasteiger partial charge in [-0.05, 0) is 19.1 Å². The molecule has 1 saturated heterocycles. The number of aryl methyl sites for hydroxylation is 1. The van der Waals surface area contributed by atoms with Gasteiger partial charge in [0, 0.05) is 25.4 Å². The quantitative estimate of drug-likeness (QED) is 0.831. The van der Waals surface area contributed by atoms with Crippen LogP contribution in [0.25, 0.3) is 0 Å². The summed E-state index contributed by atoms with van der Waals surface area (Å²) in [5, 5.41) is 13.4. The van der Waals surface area contributed by atoms with Crippen LogP contribution in [0, 0.1) is 11.3 Å². The standard InChI is InChI=1S/C16H16F3N5O/c1-15(12-8-21-23(2)9-12)10-24(5-6-25-15)14-11(7-20)3-4-13(22-14)16(17,18)19/h3-4,8-9H,5-6,10H2,1-2H3. The lowest BCUT2D eigenvalue weighted by molar-refractivity contribution is -0.141. The Kier molecular flexibility index (Phi) is 4.16. The fraction of sp³-hybridized carbons (Fsp3) is 0.438. The van der Waals surface area contributed by atoms with Crippen molar-refractivity contribution >= 4 is 5.82 Å².